The molecule has 8 heteroatoms. The van der Waals surface area contributed by atoms with Crippen LogP contribution in [-0.4, -0.2) is 28.5 Å². The number of fused-ring (bicyclic) bond motifs is 1. The van der Waals surface area contributed by atoms with Crippen molar-refractivity contribution in [1.29, 1.82) is 0 Å². The molecule has 4 rings (SSSR count). The second-order valence-corrected chi connectivity index (χ2v) is 9.06. The summed E-state index contributed by atoms with van der Waals surface area (Å²) in [5.41, 5.74) is 2.08. The van der Waals surface area contributed by atoms with Crippen molar-refractivity contribution in [3.63, 3.8) is 0 Å². The van der Waals surface area contributed by atoms with Crippen LogP contribution >= 0.6 is 11.6 Å². The van der Waals surface area contributed by atoms with Gasteiger partial charge in [-0.3, -0.25) is 4.98 Å². The van der Waals surface area contributed by atoms with Crippen molar-refractivity contribution < 1.29 is 18.3 Å². The van der Waals surface area contributed by atoms with Gasteiger partial charge in [-0.15, -0.1) is 0 Å². The number of carboxylic acids is 1. The van der Waals surface area contributed by atoms with Crippen molar-refractivity contribution in [1.82, 2.24) is 8.96 Å². The molecule has 0 unspecified atom stereocenters. The molecule has 0 aliphatic heterocycles. The molecule has 1 N–H and O–H groups in total. The van der Waals surface area contributed by atoms with Crippen LogP contribution in [0.4, 0.5) is 0 Å². The van der Waals surface area contributed by atoms with Gasteiger partial charge in [-0.1, -0.05) is 29.8 Å². The van der Waals surface area contributed by atoms with E-state index in [1.54, 1.807) is 49.4 Å². The molecule has 30 heavy (non-hydrogen) atoms. The van der Waals surface area contributed by atoms with E-state index in [2.05, 4.69) is 4.98 Å². The molecule has 152 valence electrons. The van der Waals surface area contributed by atoms with Gasteiger partial charge in [0.1, 0.15) is 0 Å². The third kappa shape index (κ3) is 3.46. The van der Waals surface area contributed by atoms with Crippen molar-refractivity contribution in [2.75, 3.05) is 0 Å². The lowest BCUT2D eigenvalue weighted by molar-refractivity contribution is 0.0695. The number of aromatic carboxylic acids is 1. The van der Waals surface area contributed by atoms with Gasteiger partial charge in [0.05, 0.1) is 21.7 Å². The molecule has 2 aromatic carbocycles. The van der Waals surface area contributed by atoms with E-state index in [4.69, 9.17) is 11.6 Å². The Labute approximate surface area is 178 Å². The minimum atomic E-state index is -3.90. The summed E-state index contributed by atoms with van der Waals surface area (Å²) < 4.78 is 28.2. The lowest BCUT2D eigenvalue weighted by atomic mass is 10.0. The standard InChI is InChI=1S/C22H17ClN2O4S/c1-14-19(22(26)27)9-10-24-20(14)13-17-12-15-11-16(23)7-8-21(15)25(17)30(28,29)18-5-3-2-4-6-18/h2-12H,13H2,1H3,(H,26,27). The molecule has 0 atom stereocenters. The SMILES string of the molecule is Cc1c(C(=O)O)ccnc1Cc1cc2cc(Cl)ccc2n1S(=O)(=O)c1ccccc1. The molecule has 0 spiro atoms. The minimum absolute atomic E-state index is 0.136. The molecule has 0 bridgehead atoms. The van der Waals surface area contributed by atoms with Gasteiger partial charge in [-0.25, -0.2) is 17.2 Å². The number of hydrogen-bond donors (Lipinski definition) is 1. The molecule has 0 aliphatic rings. The van der Waals surface area contributed by atoms with Gasteiger partial charge in [0.2, 0.25) is 0 Å². The molecule has 6 nitrogen and oxygen atoms in total. The average Bonchev–Trinajstić information content (AvgIpc) is 3.07. The molecule has 0 saturated carbocycles. The average molecular weight is 441 g/mol. The highest BCUT2D eigenvalue weighted by atomic mass is 35.5. The second-order valence-electron chi connectivity index (χ2n) is 6.83. The van der Waals surface area contributed by atoms with Crippen LogP contribution in [0.25, 0.3) is 10.9 Å². The fourth-order valence-electron chi connectivity index (χ4n) is 3.48. The number of halogens is 1. The van der Waals surface area contributed by atoms with Gasteiger partial charge in [-0.05, 0) is 55.0 Å². The van der Waals surface area contributed by atoms with Crippen LogP contribution in [0.1, 0.15) is 27.3 Å². The molecule has 2 heterocycles. The summed E-state index contributed by atoms with van der Waals surface area (Å²) in [6.07, 6.45) is 1.56. The van der Waals surface area contributed by atoms with E-state index in [1.807, 2.05) is 0 Å². The molecular weight excluding hydrogens is 424 g/mol. The summed E-state index contributed by atoms with van der Waals surface area (Å²) in [5, 5.41) is 10.6. The summed E-state index contributed by atoms with van der Waals surface area (Å²) in [4.78, 5) is 15.9. The molecule has 0 saturated heterocycles. The highest BCUT2D eigenvalue weighted by Gasteiger charge is 2.24. The van der Waals surface area contributed by atoms with Gasteiger partial charge in [0.15, 0.2) is 0 Å². The van der Waals surface area contributed by atoms with Crippen LogP contribution in [0.3, 0.4) is 0 Å². The smallest absolute Gasteiger partial charge is 0.336 e. The Kier molecular flexibility index (Phi) is 5.09. The summed E-state index contributed by atoms with van der Waals surface area (Å²) >= 11 is 6.12. The van der Waals surface area contributed by atoms with E-state index in [1.165, 1.54) is 28.4 Å². The predicted octanol–water partition coefficient (Wildman–Crippen LogP) is 4.52. The van der Waals surface area contributed by atoms with E-state index in [0.717, 1.165) is 0 Å². The van der Waals surface area contributed by atoms with Gasteiger partial charge >= 0.3 is 5.97 Å². The Morgan fingerprint density at radius 3 is 2.53 bits per heavy atom. The summed E-state index contributed by atoms with van der Waals surface area (Å²) in [6, 6.07) is 16.3. The maximum absolute atomic E-state index is 13.5. The van der Waals surface area contributed by atoms with Crippen LogP contribution in [0.5, 0.6) is 0 Å². The first-order valence-corrected chi connectivity index (χ1v) is 10.9. The number of hydrogen-bond acceptors (Lipinski definition) is 4. The Morgan fingerprint density at radius 1 is 1.10 bits per heavy atom. The monoisotopic (exact) mass is 440 g/mol. The molecule has 4 aromatic rings. The topological polar surface area (TPSA) is 89.3 Å². The Balaban J connectivity index is 1.94. The number of carbonyl (C=O) groups is 1. The van der Waals surface area contributed by atoms with Gasteiger partial charge < -0.3 is 5.11 Å². The van der Waals surface area contributed by atoms with E-state index >= 15 is 0 Å². The first-order chi connectivity index (χ1) is 14.3. The number of rotatable bonds is 5. The van der Waals surface area contributed by atoms with Crippen LogP contribution in [0.2, 0.25) is 5.02 Å². The summed E-state index contributed by atoms with van der Waals surface area (Å²) in [6.45, 7) is 1.67. The fraction of sp³-hybridized carbons (Fsp3) is 0.0909. The maximum atomic E-state index is 13.5. The first-order valence-electron chi connectivity index (χ1n) is 9.07. The predicted molar refractivity (Wildman–Crippen MR) is 115 cm³/mol. The lowest BCUT2D eigenvalue weighted by Gasteiger charge is -2.13. The Morgan fingerprint density at radius 2 is 1.83 bits per heavy atom. The number of carboxylic acid groups (broad SMARTS) is 1. The molecule has 2 aromatic heterocycles. The molecule has 0 radical (unpaired) electrons. The van der Waals surface area contributed by atoms with Crippen molar-refractivity contribution in [2.45, 2.75) is 18.2 Å². The molecule has 0 amide bonds. The van der Waals surface area contributed by atoms with Gasteiger partial charge in [0, 0.05) is 28.7 Å². The normalized spacial score (nSPS) is 11.7. The second kappa shape index (κ2) is 7.59. The van der Waals surface area contributed by atoms with Crippen LogP contribution in [0, 0.1) is 6.92 Å². The summed E-state index contributed by atoms with van der Waals surface area (Å²) in [5.74, 6) is -1.06. The third-order valence-electron chi connectivity index (χ3n) is 4.96. The van der Waals surface area contributed by atoms with Gasteiger partial charge in [-0.2, -0.15) is 0 Å². The molecular formula is C22H17ClN2O4S. The van der Waals surface area contributed by atoms with E-state index in [-0.39, 0.29) is 16.9 Å². The fourth-order valence-corrected chi connectivity index (χ4v) is 5.23. The molecule has 0 aliphatic carbocycles. The van der Waals surface area contributed by atoms with E-state index < -0.39 is 16.0 Å². The van der Waals surface area contributed by atoms with Crippen molar-refractivity contribution in [3.05, 3.63) is 94.4 Å². The number of nitrogens with zero attached hydrogens (tertiary/aromatic N) is 2. The highest BCUT2D eigenvalue weighted by molar-refractivity contribution is 7.90. The van der Waals surface area contributed by atoms with Crippen LogP contribution in [0.15, 0.2) is 71.8 Å². The molecule has 0 fully saturated rings. The zero-order valence-corrected chi connectivity index (χ0v) is 17.5. The zero-order chi connectivity index (χ0) is 21.5. The zero-order valence-electron chi connectivity index (χ0n) is 15.9. The lowest BCUT2D eigenvalue weighted by Crippen LogP contribution is -2.16. The quantitative estimate of drug-likeness (QED) is 0.492. The Hall–Kier alpha value is -3.16. The maximum Gasteiger partial charge on any atom is 0.336 e. The van der Waals surface area contributed by atoms with Crippen molar-refractivity contribution >= 4 is 38.5 Å². The number of pyridine rings is 1. The van der Waals surface area contributed by atoms with E-state index in [9.17, 15) is 18.3 Å². The minimum Gasteiger partial charge on any atom is -0.478 e. The highest BCUT2D eigenvalue weighted by Crippen LogP contribution is 2.29. The van der Waals surface area contributed by atoms with Crippen LogP contribution < -0.4 is 0 Å². The number of benzene rings is 2. The van der Waals surface area contributed by atoms with Crippen molar-refractivity contribution in [2.24, 2.45) is 0 Å². The summed E-state index contributed by atoms with van der Waals surface area (Å²) in [7, 11) is -3.90. The largest absolute Gasteiger partial charge is 0.478 e. The number of aromatic nitrogens is 2. The Bertz CT molecular complexity index is 1380. The van der Waals surface area contributed by atoms with Crippen LogP contribution in [-0.2, 0) is 16.4 Å². The third-order valence-corrected chi connectivity index (χ3v) is 6.98. The first kappa shape index (κ1) is 20.1. The van der Waals surface area contributed by atoms with E-state index in [0.29, 0.717) is 32.9 Å². The van der Waals surface area contributed by atoms with Gasteiger partial charge in [0.25, 0.3) is 10.0 Å². The van der Waals surface area contributed by atoms with Crippen molar-refractivity contribution in [3.8, 4) is 0 Å².